The molecule has 0 aromatic carbocycles. The second kappa shape index (κ2) is 6.41. The van der Waals surface area contributed by atoms with E-state index < -0.39 is 0 Å². The lowest BCUT2D eigenvalue weighted by atomic mass is 10.2. The van der Waals surface area contributed by atoms with E-state index in [0.29, 0.717) is 11.6 Å². The van der Waals surface area contributed by atoms with Gasteiger partial charge in [0.05, 0.1) is 11.9 Å². The van der Waals surface area contributed by atoms with Gasteiger partial charge in [-0.1, -0.05) is 0 Å². The number of amides is 1. The van der Waals surface area contributed by atoms with Crippen LogP contribution in [-0.2, 0) is 4.79 Å². The molecule has 5 nitrogen and oxygen atoms in total. The molecule has 0 bridgehead atoms. The highest BCUT2D eigenvalue weighted by molar-refractivity contribution is 5.80. The zero-order valence-corrected chi connectivity index (χ0v) is 11.4. The molecule has 1 aromatic heterocycles. The summed E-state index contributed by atoms with van der Waals surface area (Å²) in [6.45, 7) is 3.61. The Morgan fingerprint density at radius 2 is 2.16 bits per heavy atom. The third-order valence-corrected chi connectivity index (χ3v) is 3.24. The second-order valence-electron chi connectivity index (χ2n) is 5.13. The number of anilines is 2. The molecule has 2 rings (SSSR count). The molecule has 1 saturated carbocycles. The van der Waals surface area contributed by atoms with Gasteiger partial charge in [-0.3, -0.25) is 4.79 Å². The van der Waals surface area contributed by atoms with Crippen molar-refractivity contribution in [1.29, 1.82) is 0 Å². The molecule has 0 atom stereocenters. The number of aromatic nitrogens is 1. The van der Waals surface area contributed by atoms with Crippen molar-refractivity contribution in [2.24, 2.45) is 5.92 Å². The van der Waals surface area contributed by atoms with E-state index in [0.717, 1.165) is 50.2 Å². The van der Waals surface area contributed by atoms with Crippen molar-refractivity contribution in [1.82, 2.24) is 10.3 Å². The second-order valence-corrected chi connectivity index (χ2v) is 5.13. The van der Waals surface area contributed by atoms with E-state index in [2.05, 4.69) is 15.6 Å². The summed E-state index contributed by atoms with van der Waals surface area (Å²) >= 11 is 0. The summed E-state index contributed by atoms with van der Waals surface area (Å²) in [5, 5.41) is 6.25. The van der Waals surface area contributed by atoms with E-state index in [-0.39, 0.29) is 5.91 Å². The number of hydrogen-bond donors (Lipinski definition) is 3. The molecule has 104 valence electrons. The quantitative estimate of drug-likeness (QED) is 0.653. The fourth-order valence-electron chi connectivity index (χ4n) is 1.94. The largest absolute Gasteiger partial charge is 0.397 e. The molecule has 0 saturated heterocycles. The number of unbranched alkanes of at least 4 members (excludes halogenated alkanes) is 1. The molecular weight excluding hydrogens is 240 g/mol. The van der Waals surface area contributed by atoms with Crippen molar-refractivity contribution in [2.45, 2.75) is 32.6 Å². The Morgan fingerprint density at radius 1 is 1.42 bits per heavy atom. The SMILES string of the molecule is Cc1cc(N)cnc1NCCCCNC(=O)C1CC1. The number of carbonyl (C=O) groups is 1. The van der Waals surface area contributed by atoms with E-state index in [4.69, 9.17) is 5.73 Å². The van der Waals surface area contributed by atoms with Crippen LogP contribution in [0.3, 0.4) is 0 Å². The van der Waals surface area contributed by atoms with Gasteiger partial charge in [0.1, 0.15) is 5.82 Å². The van der Waals surface area contributed by atoms with Crippen LogP contribution in [0.5, 0.6) is 0 Å². The van der Waals surface area contributed by atoms with E-state index in [1.807, 2.05) is 13.0 Å². The molecule has 1 aliphatic rings. The Bertz CT molecular complexity index is 443. The fourth-order valence-corrected chi connectivity index (χ4v) is 1.94. The summed E-state index contributed by atoms with van der Waals surface area (Å²) in [5.74, 6) is 1.42. The summed E-state index contributed by atoms with van der Waals surface area (Å²) < 4.78 is 0. The third kappa shape index (κ3) is 4.43. The van der Waals surface area contributed by atoms with E-state index in [1.54, 1.807) is 6.20 Å². The molecule has 0 radical (unpaired) electrons. The lowest BCUT2D eigenvalue weighted by molar-refractivity contribution is -0.122. The Morgan fingerprint density at radius 3 is 2.84 bits per heavy atom. The Balaban J connectivity index is 1.57. The van der Waals surface area contributed by atoms with Crippen LogP contribution >= 0.6 is 0 Å². The Kier molecular flexibility index (Phi) is 4.60. The zero-order chi connectivity index (χ0) is 13.7. The maximum absolute atomic E-state index is 11.4. The first-order chi connectivity index (χ1) is 9.16. The predicted octanol–water partition coefficient (Wildman–Crippen LogP) is 1.69. The zero-order valence-electron chi connectivity index (χ0n) is 11.4. The number of nitrogen functional groups attached to an aromatic ring is 1. The first-order valence-electron chi connectivity index (χ1n) is 6.90. The van der Waals surface area contributed by atoms with Crippen LogP contribution in [0, 0.1) is 12.8 Å². The van der Waals surface area contributed by atoms with Gasteiger partial charge in [0.25, 0.3) is 0 Å². The summed E-state index contributed by atoms with van der Waals surface area (Å²) in [6.07, 6.45) is 5.78. The molecule has 1 heterocycles. The normalized spacial score (nSPS) is 14.2. The molecule has 0 spiro atoms. The highest BCUT2D eigenvalue weighted by Gasteiger charge is 2.28. The molecule has 0 unspecified atom stereocenters. The van der Waals surface area contributed by atoms with Gasteiger partial charge in [-0.15, -0.1) is 0 Å². The Labute approximate surface area is 114 Å². The molecule has 19 heavy (non-hydrogen) atoms. The number of pyridine rings is 1. The van der Waals surface area contributed by atoms with Crippen molar-refractivity contribution < 1.29 is 4.79 Å². The highest BCUT2D eigenvalue weighted by atomic mass is 16.2. The van der Waals surface area contributed by atoms with Gasteiger partial charge >= 0.3 is 0 Å². The van der Waals surface area contributed by atoms with Crippen LogP contribution in [0.2, 0.25) is 0 Å². The van der Waals surface area contributed by atoms with Gasteiger partial charge in [-0.25, -0.2) is 4.98 Å². The molecule has 1 aromatic rings. The molecule has 4 N–H and O–H groups in total. The molecule has 0 aliphatic heterocycles. The lowest BCUT2D eigenvalue weighted by Crippen LogP contribution is -2.26. The van der Waals surface area contributed by atoms with Crippen molar-refractivity contribution in [2.75, 3.05) is 24.1 Å². The van der Waals surface area contributed by atoms with Crippen LogP contribution in [0.15, 0.2) is 12.3 Å². The number of nitrogens with one attached hydrogen (secondary N) is 2. The number of hydrogen-bond acceptors (Lipinski definition) is 4. The monoisotopic (exact) mass is 262 g/mol. The number of nitrogens with two attached hydrogens (primary N) is 1. The third-order valence-electron chi connectivity index (χ3n) is 3.24. The molecule has 1 amide bonds. The maximum Gasteiger partial charge on any atom is 0.223 e. The lowest BCUT2D eigenvalue weighted by Gasteiger charge is -2.09. The van der Waals surface area contributed by atoms with Gasteiger partial charge in [0.15, 0.2) is 0 Å². The van der Waals surface area contributed by atoms with Crippen LogP contribution in [-0.4, -0.2) is 24.0 Å². The Hall–Kier alpha value is -1.78. The molecule has 1 aliphatic carbocycles. The van der Waals surface area contributed by atoms with Gasteiger partial charge in [-0.05, 0) is 44.2 Å². The standard InChI is InChI=1S/C14H22N4O/c1-10-8-12(15)9-18-13(10)16-6-2-3-7-17-14(19)11-4-5-11/h8-9,11H,2-7,15H2,1H3,(H,16,18)(H,17,19). The highest BCUT2D eigenvalue weighted by Crippen LogP contribution is 2.28. The number of aryl methyl sites for hydroxylation is 1. The fraction of sp³-hybridized carbons (Fsp3) is 0.571. The van der Waals surface area contributed by atoms with Gasteiger partial charge in [-0.2, -0.15) is 0 Å². The predicted molar refractivity (Wildman–Crippen MR) is 76.8 cm³/mol. The van der Waals surface area contributed by atoms with Crippen LogP contribution in [0.4, 0.5) is 11.5 Å². The molecular formula is C14H22N4O. The van der Waals surface area contributed by atoms with Crippen LogP contribution < -0.4 is 16.4 Å². The van der Waals surface area contributed by atoms with Crippen LogP contribution in [0.25, 0.3) is 0 Å². The van der Waals surface area contributed by atoms with Crippen molar-refractivity contribution in [3.63, 3.8) is 0 Å². The number of rotatable bonds is 7. The van der Waals surface area contributed by atoms with E-state index in [9.17, 15) is 4.79 Å². The summed E-state index contributed by atoms with van der Waals surface area (Å²) in [6, 6.07) is 1.91. The minimum atomic E-state index is 0.226. The summed E-state index contributed by atoms with van der Waals surface area (Å²) in [4.78, 5) is 15.6. The van der Waals surface area contributed by atoms with Crippen molar-refractivity contribution in [3.05, 3.63) is 17.8 Å². The smallest absolute Gasteiger partial charge is 0.223 e. The van der Waals surface area contributed by atoms with Crippen LogP contribution in [0.1, 0.15) is 31.2 Å². The first kappa shape index (κ1) is 13.6. The van der Waals surface area contributed by atoms with Gasteiger partial charge in [0, 0.05) is 19.0 Å². The number of nitrogens with zero attached hydrogens (tertiary/aromatic N) is 1. The summed E-state index contributed by atoms with van der Waals surface area (Å²) in [7, 11) is 0. The van der Waals surface area contributed by atoms with E-state index >= 15 is 0 Å². The maximum atomic E-state index is 11.4. The minimum absolute atomic E-state index is 0.226. The molecule has 1 fully saturated rings. The van der Waals surface area contributed by atoms with Gasteiger partial charge in [0.2, 0.25) is 5.91 Å². The van der Waals surface area contributed by atoms with Gasteiger partial charge < -0.3 is 16.4 Å². The number of carbonyl (C=O) groups excluding carboxylic acids is 1. The molecule has 5 heteroatoms. The van der Waals surface area contributed by atoms with Crippen molar-refractivity contribution in [3.8, 4) is 0 Å². The average Bonchev–Trinajstić information content (AvgIpc) is 3.19. The summed E-state index contributed by atoms with van der Waals surface area (Å²) in [5.41, 5.74) is 7.39. The van der Waals surface area contributed by atoms with Crippen molar-refractivity contribution >= 4 is 17.4 Å². The average molecular weight is 262 g/mol. The first-order valence-corrected chi connectivity index (χ1v) is 6.90. The topological polar surface area (TPSA) is 80.0 Å². The minimum Gasteiger partial charge on any atom is -0.397 e. The van der Waals surface area contributed by atoms with E-state index in [1.165, 1.54) is 0 Å².